The summed E-state index contributed by atoms with van der Waals surface area (Å²) in [6, 6.07) is 11.8. The van der Waals surface area contributed by atoms with E-state index in [0.29, 0.717) is 18.7 Å². The number of carboxylic acid groups (broad SMARTS) is 1. The standard InChI is InChI=1S/C22H21N5O2/c23-20-11-19(13-5-7-14(8-6-13)22(28)29)26-21-17(12-25-27(20)21)15-9-10-24-18-4-2-1-3-16(15)18/h1-4,9-14H,5-8,23H2,(H,28,29). The summed E-state index contributed by atoms with van der Waals surface area (Å²) in [4.78, 5) is 20.6. The molecule has 5 rings (SSSR count). The second-order valence-electron chi connectivity index (χ2n) is 7.66. The van der Waals surface area contributed by atoms with Crippen LogP contribution in [0.1, 0.15) is 37.3 Å². The van der Waals surface area contributed by atoms with Crippen LogP contribution in [0.25, 0.3) is 27.7 Å². The van der Waals surface area contributed by atoms with Crippen molar-refractivity contribution in [2.24, 2.45) is 5.92 Å². The zero-order valence-corrected chi connectivity index (χ0v) is 15.8. The predicted octanol–water partition coefficient (Wildman–Crippen LogP) is 3.89. The van der Waals surface area contributed by atoms with Crippen molar-refractivity contribution < 1.29 is 9.90 Å². The molecule has 0 bridgehead atoms. The van der Waals surface area contributed by atoms with Gasteiger partial charge in [-0.25, -0.2) is 4.98 Å². The SMILES string of the molecule is Nc1cc(C2CCC(C(=O)O)CC2)nc2c(-c3ccnc4ccccc34)cnn12. The lowest BCUT2D eigenvalue weighted by molar-refractivity contribution is -0.142. The van der Waals surface area contributed by atoms with Crippen LogP contribution < -0.4 is 5.73 Å². The maximum Gasteiger partial charge on any atom is 0.306 e. The summed E-state index contributed by atoms with van der Waals surface area (Å²) >= 11 is 0. The number of hydrogen-bond donors (Lipinski definition) is 2. The molecule has 3 N–H and O–H groups in total. The van der Waals surface area contributed by atoms with E-state index in [4.69, 9.17) is 10.7 Å². The maximum absolute atomic E-state index is 11.2. The lowest BCUT2D eigenvalue weighted by Gasteiger charge is -2.25. The minimum Gasteiger partial charge on any atom is -0.481 e. The largest absolute Gasteiger partial charge is 0.481 e. The highest BCUT2D eigenvalue weighted by Gasteiger charge is 2.28. The van der Waals surface area contributed by atoms with Gasteiger partial charge in [0.05, 0.1) is 17.6 Å². The van der Waals surface area contributed by atoms with Crippen LogP contribution in [0.15, 0.2) is 48.8 Å². The summed E-state index contributed by atoms with van der Waals surface area (Å²) in [6.07, 6.45) is 6.55. The number of carbonyl (C=O) groups is 1. The van der Waals surface area contributed by atoms with Crippen molar-refractivity contribution >= 4 is 28.3 Å². The molecule has 1 fully saturated rings. The van der Waals surface area contributed by atoms with E-state index in [-0.39, 0.29) is 11.8 Å². The summed E-state index contributed by atoms with van der Waals surface area (Å²) in [6.45, 7) is 0. The highest BCUT2D eigenvalue weighted by molar-refractivity contribution is 5.97. The van der Waals surface area contributed by atoms with Crippen LogP contribution in [-0.4, -0.2) is 30.7 Å². The van der Waals surface area contributed by atoms with E-state index >= 15 is 0 Å². The predicted molar refractivity (Wildman–Crippen MR) is 110 cm³/mol. The van der Waals surface area contributed by atoms with Crippen LogP contribution in [0.5, 0.6) is 0 Å². The fraction of sp³-hybridized carbons (Fsp3) is 0.273. The van der Waals surface area contributed by atoms with E-state index in [1.54, 1.807) is 16.9 Å². The van der Waals surface area contributed by atoms with Crippen LogP contribution in [0, 0.1) is 5.92 Å². The second-order valence-corrected chi connectivity index (χ2v) is 7.66. The first kappa shape index (κ1) is 17.6. The highest BCUT2D eigenvalue weighted by Crippen LogP contribution is 2.37. The molecule has 0 atom stereocenters. The number of nitrogens with two attached hydrogens (primary N) is 1. The molecule has 7 heteroatoms. The van der Waals surface area contributed by atoms with Gasteiger partial charge in [0.1, 0.15) is 5.82 Å². The topological polar surface area (TPSA) is 106 Å². The summed E-state index contributed by atoms with van der Waals surface area (Å²) < 4.78 is 1.66. The number of nitrogens with zero attached hydrogens (tertiary/aromatic N) is 4. The van der Waals surface area contributed by atoms with Crippen molar-refractivity contribution in [2.75, 3.05) is 5.73 Å². The summed E-state index contributed by atoms with van der Waals surface area (Å²) in [5.41, 5.74) is 10.8. The normalized spacial score (nSPS) is 19.6. The molecule has 4 aromatic rings. The molecule has 1 saturated carbocycles. The molecule has 146 valence electrons. The molecule has 0 spiro atoms. The lowest BCUT2D eigenvalue weighted by Crippen LogP contribution is -2.21. The number of fused-ring (bicyclic) bond motifs is 2. The molecular weight excluding hydrogens is 366 g/mol. The lowest BCUT2D eigenvalue weighted by atomic mass is 9.80. The first-order valence-corrected chi connectivity index (χ1v) is 9.83. The van der Waals surface area contributed by atoms with Gasteiger partial charge in [0.25, 0.3) is 0 Å². The molecule has 3 heterocycles. The van der Waals surface area contributed by atoms with Crippen molar-refractivity contribution in [1.82, 2.24) is 19.6 Å². The van der Waals surface area contributed by atoms with Crippen molar-refractivity contribution in [1.29, 1.82) is 0 Å². The summed E-state index contributed by atoms with van der Waals surface area (Å²) in [5.74, 6) is -0.195. The zero-order chi connectivity index (χ0) is 20.0. The van der Waals surface area contributed by atoms with Crippen LogP contribution in [0.3, 0.4) is 0 Å². The zero-order valence-electron chi connectivity index (χ0n) is 15.8. The number of para-hydroxylation sites is 1. The molecule has 7 nitrogen and oxygen atoms in total. The van der Waals surface area contributed by atoms with Gasteiger partial charge in [0, 0.05) is 34.8 Å². The number of pyridine rings is 1. The van der Waals surface area contributed by atoms with Crippen molar-refractivity contribution in [3.8, 4) is 11.1 Å². The van der Waals surface area contributed by atoms with Gasteiger partial charge < -0.3 is 10.8 Å². The van der Waals surface area contributed by atoms with E-state index in [1.165, 1.54) is 0 Å². The molecule has 0 unspecified atom stereocenters. The van der Waals surface area contributed by atoms with Crippen LogP contribution in [0.2, 0.25) is 0 Å². The summed E-state index contributed by atoms with van der Waals surface area (Å²) in [5, 5.41) is 14.7. The third-order valence-corrected chi connectivity index (χ3v) is 5.95. The average molecular weight is 387 g/mol. The van der Waals surface area contributed by atoms with Gasteiger partial charge in [-0.15, -0.1) is 0 Å². The fourth-order valence-electron chi connectivity index (χ4n) is 4.37. The molecule has 1 aliphatic carbocycles. The monoisotopic (exact) mass is 387 g/mol. The molecule has 0 aliphatic heterocycles. The molecule has 0 radical (unpaired) electrons. The fourth-order valence-corrected chi connectivity index (χ4v) is 4.37. The smallest absolute Gasteiger partial charge is 0.306 e. The van der Waals surface area contributed by atoms with E-state index in [0.717, 1.165) is 46.2 Å². The molecule has 0 saturated heterocycles. The van der Waals surface area contributed by atoms with Gasteiger partial charge in [0.2, 0.25) is 0 Å². The highest BCUT2D eigenvalue weighted by atomic mass is 16.4. The first-order chi connectivity index (χ1) is 14.1. The van der Waals surface area contributed by atoms with E-state index < -0.39 is 5.97 Å². The Kier molecular flexibility index (Phi) is 4.16. The molecule has 29 heavy (non-hydrogen) atoms. The minimum absolute atomic E-state index is 0.217. The Labute approximate surface area is 167 Å². The van der Waals surface area contributed by atoms with Gasteiger partial charge in [-0.2, -0.15) is 9.61 Å². The number of benzene rings is 1. The summed E-state index contributed by atoms with van der Waals surface area (Å²) in [7, 11) is 0. The average Bonchev–Trinajstić information content (AvgIpc) is 3.18. The Balaban J connectivity index is 1.59. The minimum atomic E-state index is -0.700. The molecule has 3 aromatic heterocycles. The first-order valence-electron chi connectivity index (χ1n) is 9.83. The molecule has 1 aliphatic rings. The Morgan fingerprint density at radius 2 is 1.90 bits per heavy atom. The Morgan fingerprint density at radius 1 is 1.10 bits per heavy atom. The van der Waals surface area contributed by atoms with Crippen molar-refractivity contribution in [3.63, 3.8) is 0 Å². The van der Waals surface area contributed by atoms with Crippen molar-refractivity contribution in [3.05, 3.63) is 54.5 Å². The van der Waals surface area contributed by atoms with Gasteiger partial charge in [0.15, 0.2) is 5.65 Å². The Hall–Kier alpha value is -3.48. The maximum atomic E-state index is 11.2. The number of anilines is 1. The van der Waals surface area contributed by atoms with Crippen molar-refractivity contribution in [2.45, 2.75) is 31.6 Å². The Morgan fingerprint density at radius 3 is 2.69 bits per heavy atom. The quantitative estimate of drug-likeness (QED) is 0.552. The van der Waals surface area contributed by atoms with Crippen LogP contribution in [0.4, 0.5) is 5.82 Å². The van der Waals surface area contributed by atoms with E-state index in [2.05, 4.69) is 10.1 Å². The number of nitrogen functional groups attached to an aromatic ring is 1. The third kappa shape index (κ3) is 2.99. The number of hydrogen-bond acceptors (Lipinski definition) is 5. The molecular formula is C22H21N5O2. The van der Waals surface area contributed by atoms with Gasteiger partial charge >= 0.3 is 5.97 Å². The number of carboxylic acids is 1. The van der Waals surface area contributed by atoms with Gasteiger partial charge in [-0.3, -0.25) is 9.78 Å². The van der Waals surface area contributed by atoms with Gasteiger partial charge in [-0.05, 0) is 43.4 Å². The number of aromatic nitrogens is 4. The van der Waals surface area contributed by atoms with Gasteiger partial charge in [-0.1, -0.05) is 18.2 Å². The van der Waals surface area contributed by atoms with E-state index in [1.807, 2.05) is 36.4 Å². The third-order valence-electron chi connectivity index (χ3n) is 5.95. The molecule has 1 aromatic carbocycles. The van der Waals surface area contributed by atoms with Crippen LogP contribution in [-0.2, 0) is 4.79 Å². The van der Waals surface area contributed by atoms with E-state index in [9.17, 15) is 9.90 Å². The number of aliphatic carboxylic acids is 1. The second kappa shape index (κ2) is 6.84. The number of rotatable bonds is 3. The van der Waals surface area contributed by atoms with Crippen LogP contribution >= 0.6 is 0 Å². The Bertz CT molecular complexity index is 1220. The molecule has 0 amide bonds.